The van der Waals surface area contributed by atoms with Crippen LogP contribution in [0.5, 0.6) is 0 Å². The first-order valence-electron chi connectivity index (χ1n) is 10.0. The normalized spacial score (nSPS) is 14.5. The SMILES string of the molecule is Cc1nn(-c2ccccc2)c(Cl)c1C(=O)N1CCC(NC(=O)c2ccccc2)CC1. The number of aromatic nitrogens is 2. The summed E-state index contributed by atoms with van der Waals surface area (Å²) >= 11 is 6.54. The largest absolute Gasteiger partial charge is 0.349 e. The molecule has 0 saturated carbocycles. The van der Waals surface area contributed by atoms with Gasteiger partial charge in [-0.2, -0.15) is 5.10 Å². The fraction of sp³-hybridized carbons (Fsp3) is 0.261. The standard InChI is InChI=1S/C23H23ClN4O2/c1-16-20(21(24)28(26-16)19-10-6-3-7-11-19)23(30)27-14-12-18(13-15-27)25-22(29)17-8-4-2-5-9-17/h2-11,18H,12-15H2,1H3,(H,25,29). The molecule has 1 aliphatic rings. The van der Waals surface area contributed by atoms with Crippen LogP contribution in [0.15, 0.2) is 60.7 Å². The average molecular weight is 423 g/mol. The molecule has 0 atom stereocenters. The molecule has 2 aromatic carbocycles. The molecule has 0 spiro atoms. The predicted molar refractivity (Wildman–Crippen MR) is 116 cm³/mol. The van der Waals surface area contributed by atoms with Crippen molar-refractivity contribution in [3.05, 3.63) is 82.6 Å². The zero-order valence-electron chi connectivity index (χ0n) is 16.7. The van der Waals surface area contributed by atoms with Crippen LogP contribution < -0.4 is 5.32 Å². The number of amides is 2. The molecule has 0 aliphatic carbocycles. The highest BCUT2D eigenvalue weighted by Crippen LogP contribution is 2.26. The first-order valence-corrected chi connectivity index (χ1v) is 10.4. The van der Waals surface area contributed by atoms with E-state index in [-0.39, 0.29) is 17.9 Å². The Morgan fingerprint density at radius 2 is 1.60 bits per heavy atom. The molecule has 6 nitrogen and oxygen atoms in total. The van der Waals surface area contributed by atoms with Crippen LogP contribution in [0.25, 0.3) is 5.69 Å². The van der Waals surface area contributed by atoms with Gasteiger partial charge in [-0.05, 0) is 44.0 Å². The minimum atomic E-state index is -0.118. The van der Waals surface area contributed by atoms with Gasteiger partial charge in [-0.15, -0.1) is 0 Å². The molecule has 3 aromatic rings. The second kappa shape index (κ2) is 8.71. The number of nitrogens with one attached hydrogen (secondary N) is 1. The number of hydrogen-bond donors (Lipinski definition) is 1. The molecule has 154 valence electrons. The molecule has 0 bridgehead atoms. The number of piperidine rings is 1. The summed E-state index contributed by atoms with van der Waals surface area (Å²) in [5, 5.41) is 7.85. The Bertz CT molecular complexity index is 1040. The van der Waals surface area contributed by atoms with Gasteiger partial charge >= 0.3 is 0 Å². The van der Waals surface area contributed by atoms with Gasteiger partial charge in [0.2, 0.25) is 0 Å². The maximum atomic E-state index is 13.1. The van der Waals surface area contributed by atoms with Crippen molar-refractivity contribution in [3.8, 4) is 5.69 Å². The minimum absolute atomic E-state index is 0.0466. The Morgan fingerprint density at radius 1 is 1.00 bits per heavy atom. The third-order valence-corrected chi connectivity index (χ3v) is 5.72. The van der Waals surface area contributed by atoms with E-state index in [9.17, 15) is 9.59 Å². The first-order chi connectivity index (χ1) is 14.5. The van der Waals surface area contributed by atoms with E-state index in [0.717, 1.165) is 5.69 Å². The van der Waals surface area contributed by atoms with Gasteiger partial charge in [0, 0.05) is 24.7 Å². The van der Waals surface area contributed by atoms with Gasteiger partial charge in [-0.1, -0.05) is 48.0 Å². The number of halogens is 1. The fourth-order valence-corrected chi connectivity index (χ4v) is 4.08. The summed E-state index contributed by atoms with van der Waals surface area (Å²) in [4.78, 5) is 27.3. The highest BCUT2D eigenvalue weighted by molar-refractivity contribution is 6.33. The second-order valence-electron chi connectivity index (χ2n) is 7.40. The van der Waals surface area contributed by atoms with E-state index in [0.29, 0.717) is 47.9 Å². The van der Waals surface area contributed by atoms with Crippen LogP contribution in [0, 0.1) is 6.92 Å². The molecular weight excluding hydrogens is 400 g/mol. The number of nitrogens with zero attached hydrogens (tertiary/aromatic N) is 3. The summed E-state index contributed by atoms with van der Waals surface area (Å²) < 4.78 is 1.59. The van der Waals surface area contributed by atoms with Crippen LogP contribution in [0.4, 0.5) is 0 Å². The molecule has 2 heterocycles. The van der Waals surface area contributed by atoms with E-state index in [1.54, 1.807) is 28.6 Å². The average Bonchev–Trinajstić information content (AvgIpc) is 3.09. The lowest BCUT2D eigenvalue weighted by Gasteiger charge is -2.32. The summed E-state index contributed by atoms with van der Waals surface area (Å²) in [6.45, 7) is 2.92. The summed E-state index contributed by atoms with van der Waals surface area (Å²) in [7, 11) is 0. The molecular formula is C23H23ClN4O2. The summed E-state index contributed by atoms with van der Waals surface area (Å²) in [6, 6.07) is 18.7. The Labute approximate surface area is 180 Å². The topological polar surface area (TPSA) is 67.2 Å². The van der Waals surface area contributed by atoms with Crippen molar-refractivity contribution in [1.29, 1.82) is 0 Å². The monoisotopic (exact) mass is 422 g/mol. The molecule has 0 unspecified atom stereocenters. The fourth-order valence-electron chi connectivity index (χ4n) is 3.73. The Hall–Kier alpha value is -3.12. The van der Waals surface area contributed by atoms with Gasteiger partial charge in [-0.25, -0.2) is 4.68 Å². The third-order valence-electron chi connectivity index (χ3n) is 5.37. The lowest BCUT2D eigenvalue weighted by molar-refractivity contribution is 0.0697. The first kappa shape index (κ1) is 20.2. The molecule has 0 radical (unpaired) electrons. The van der Waals surface area contributed by atoms with Crippen LogP contribution in [-0.2, 0) is 0 Å². The summed E-state index contributed by atoms with van der Waals surface area (Å²) in [5.41, 5.74) is 2.50. The molecule has 1 fully saturated rings. The maximum Gasteiger partial charge on any atom is 0.258 e. The number of aryl methyl sites for hydroxylation is 1. The number of carbonyl (C=O) groups is 2. The van der Waals surface area contributed by atoms with Gasteiger partial charge < -0.3 is 10.2 Å². The molecule has 2 amide bonds. The summed E-state index contributed by atoms with van der Waals surface area (Å²) in [6.07, 6.45) is 1.40. The zero-order chi connectivity index (χ0) is 21.1. The predicted octanol–water partition coefficient (Wildman–Crippen LogP) is 3.87. The van der Waals surface area contributed by atoms with E-state index in [1.165, 1.54) is 0 Å². The molecule has 4 rings (SSSR count). The molecule has 30 heavy (non-hydrogen) atoms. The Morgan fingerprint density at radius 3 is 2.23 bits per heavy atom. The zero-order valence-corrected chi connectivity index (χ0v) is 17.5. The van der Waals surface area contributed by atoms with Crippen molar-refractivity contribution >= 4 is 23.4 Å². The quantitative estimate of drug-likeness (QED) is 0.694. The number of carbonyl (C=O) groups excluding carboxylic acids is 2. The number of likely N-dealkylation sites (tertiary alicyclic amines) is 1. The van der Waals surface area contributed by atoms with Crippen molar-refractivity contribution in [2.45, 2.75) is 25.8 Å². The van der Waals surface area contributed by atoms with E-state index in [2.05, 4.69) is 10.4 Å². The van der Waals surface area contributed by atoms with E-state index < -0.39 is 0 Å². The number of rotatable bonds is 4. The van der Waals surface area contributed by atoms with Crippen LogP contribution in [-0.4, -0.2) is 45.6 Å². The maximum absolute atomic E-state index is 13.1. The van der Waals surface area contributed by atoms with E-state index >= 15 is 0 Å². The van der Waals surface area contributed by atoms with E-state index in [4.69, 9.17) is 11.6 Å². The lowest BCUT2D eigenvalue weighted by Crippen LogP contribution is -2.46. The van der Waals surface area contributed by atoms with Crippen molar-refractivity contribution < 1.29 is 9.59 Å². The third kappa shape index (κ3) is 4.09. The molecule has 1 saturated heterocycles. The van der Waals surface area contributed by atoms with Gasteiger partial charge in [0.05, 0.1) is 16.9 Å². The smallest absolute Gasteiger partial charge is 0.258 e. The van der Waals surface area contributed by atoms with Gasteiger partial charge in [0.1, 0.15) is 5.15 Å². The van der Waals surface area contributed by atoms with Gasteiger partial charge in [-0.3, -0.25) is 9.59 Å². The highest BCUT2D eigenvalue weighted by atomic mass is 35.5. The summed E-state index contributed by atoms with van der Waals surface area (Å²) in [5.74, 6) is -0.198. The van der Waals surface area contributed by atoms with Crippen molar-refractivity contribution in [2.24, 2.45) is 0 Å². The number of benzene rings is 2. The molecule has 1 aromatic heterocycles. The van der Waals surface area contributed by atoms with E-state index in [1.807, 2.05) is 48.5 Å². The molecule has 7 heteroatoms. The molecule has 1 N–H and O–H groups in total. The highest BCUT2D eigenvalue weighted by Gasteiger charge is 2.29. The van der Waals surface area contributed by atoms with Crippen molar-refractivity contribution in [2.75, 3.05) is 13.1 Å². The second-order valence-corrected chi connectivity index (χ2v) is 7.76. The van der Waals surface area contributed by atoms with Crippen LogP contribution in [0.1, 0.15) is 39.3 Å². The van der Waals surface area contributed by atoms with Gasteiger partial charge in [0.25, 0.3) is 11.8 Å². The molecule has 1 aliphatic heterocycles. The lowest BCUT2D eigenvalue weighted by atomic mass is 10.0. The Kier molecular flexibility index (Phi) is 5.86. The number of hydrogen-bond acceptors (Lipinski definition) is 3. The van der Waals surface area contributed by atoms with Crippen LogP contribution >= 0.6 is 11.6 Å². The Balaban J connectivity index is 1.41. The minimum Gasteiger partial charge on any atom is -0.349 e. The number of para-hydroxylation sites is 1. The van der Waals surface area contributed by atoms with Crippen LogP contribution in [0.3, 0.4) is 0 Å². The van der Waals surface area contributed by atoms with Crippen molar-refractivity contribution in [1.82, 2.24) is 20.0 Å². The van der Waals surface area contributed by atoms with Gasteiger partial charge in [0.15, 0.2) is 0 Å². The van der Waals surface area contributed by atoms with Crippen molar-refractivity contribution in [3.63, 3.8) is 0 Å². The van der Waals surface area contributed by atoms with Crippen LogP contribution in [0.2, 0.25) is 5.15 Å².